The van der Waals surface area contributed by atoms with Crippen molar-refractivity contribution >= 4 is 17.9 Å². The van der Waals surface area contributed by atoms with Gasteiger partial charge in [0.2, 0.25) is 0 Å². The van der Waals surface area contributed by atoms with Crippen LogP contribution in [0.1, 0.15) is 20.8 Å². The van der Waals surface area contributed by atoms with Gasteiger partial charge in [-0.15, -0.1) is 0 Å². The molecule has 11 heteroatoms. The molecule has 0 radical (unpaired) electrons. The lowest BCUT2D eigenvalue weighted by molar-refractivity contribution is -0.188. The molecule has 0 rings (SSSR count). The largest absolute Gasteiger partial charge is 0.473 e. The predicted molar refractivity (Wildman–Crippen MR) is 62.3 cm³/mol. The maximum Gasteiger partial charge on any atom is 0.473 e. The lowest BCUT2D eigenvalue weighted by Gasteiger charge is -2.24. The number of alkyl carbamates (subject to hydrolysis) is 1. The van der Waals surface area contributed by atoms with Gasteiger partial charge in [0.15, 0.2) is 0 Å². The molecule has 0 unspecified atom stereocenters. The van der Waals surface area contributed by atoms with Crippen LogP contribution in [0.3, 0.4) is 0 Å². The van der Waals surface area contributed by atoms with Crippen LogP contribution in [0, 0.1) is 0 Å². The Balaban J connectivity index is 4.85. The number of hydrogen-bond acceptors (Lipinski definition) is 6. The molecular weight excluding hydrogens is 299 g/mol. The highest BCUT2D eigenvalue weighted by Crippen LogP contribution is 2.17. The molecule has 0 aliphatic heterocycles. The number of rotatable bonds is 3. The summed E-state index contributed by atoms with van der Waals surface area (Å²) in [5, 5.41) is 10.00. The minimum Gasteiger partial charge on any atom is -0.444 e. The van der Waals surface area contributed by atoms with Gasteiger partial charge >= 0.3 is 18.2 Å². The second-order valence-corrected chi connectivity index (χ2v) is 4.89. The second kappa shape index (κ2) is 6.72. The van der Waals surface area contributed by atoms with E-state index in [0.717, 1.165) is 0 Å². The van der Waals surface area contributed by atoms with Crippen LogP contribution in [0.25, 0.3) is 0 Å². The monoisotopic (exact) mass is 315 g/mol. The van der Waals surface area contributed by atoms with Gasteiger partial charge in [0, 0.05) is 0 Å². The average molecular weight is 315 g/mol. The Bertz CT molecular complexity index is 419. The first-order chi connectivity index (χ1) is 9.29. The van der Waals surface area contributed by atoms with Crippen LogP contribution in [0.2, 0.25) is 0 Å². The predicted octanol–water partition coefficient (Wildman–Crippen LogP) is -0.337. The third-order valence-electron chi connectivity index (χ3n) is 1.87. The topological polar surface area (TPSA) is 122 Å². The summed E-state index contributed by atoms with van der Waals surface area (Å²) < 4.78 is 41.1. The van der Waals surface area contributed by atoms with Crippen molar-refractivity contribution in [3.05, 3.63) is 0 Å². The molecule has 0 aromatic rings. The quantitative estimate of drug-likeness (QED) is 0.372. The first kappa shape index (κ1) is 19.1. The van der Waals surface area contributed by atoms with E-state index in [-0.39, 0.29) is 0 Å². The number of hydrazine groups is 1. The van der Waals surface area contributed by atoms with Crippen molar-refractivity contribution in [1.82, 2.24) is 10.3 Å². The summed E-state index contributed by atoms with van der Waals surface area (Å²) >= 11 is 0. The molecule has 122 valence electrons. The Labute approximate surface area is 118 Å². The standard InChI is InChI=1S/C10H16F3N3O5/c1-9(2,3)21-8(20)15-5(4-17)6(18)16(14)7(19)10(11,12)13/h5,17H,4,14H2,1-3H3,(H,15,20)/t5-/m0/s1. The van der Waals surface area contributed by atoms with E-state index in [1.807, 2.05) is 5.32 Å². The fourth-order valence-corrected chi connectivity index (χ4v) is 1.04. The molecule has 3 amide bonds. The molecule has 0 bridgehead atoms. The fraction of sp³-hybridized carbons (Fsp3) is 0.700. The molecule has 0 heterocycles. The van der Waals surface area contributed by atoms with Crippen LogP contribution in [0.5, 0.6) is 0 Å². The summed E-state index contributed by atoms with van der Waals surface area (Å²) in [6, 6.07) is -1.85. The minimum atomic E-state index is -5.36. The van der Waals surface area contributed by atoms with Crippen molar-refractivity contribution in [1.29, 1.82) is 0 Å². The van der Waals surface area contributed by atoms with Gasteiger partial charge < -0.3 is 15.2 Å². The van der Waals surface area contributed by atoms with E-state index in [2.05, 4.69) is 0 Å². The molecular formula is C10H16F3N3O5. The van der Waals surface area contributed by atoms with Crippen molar-refractivity contribution in [2.24, 2.45) is 5.84 Å². The number of nitrogens with one attached hydrogen (secondary N) is 1. The first-order valence-electron chi connectivity index (χ1n) is 5.59. The number of imide groups is 1. The smallest absolute Gasteiger partial charge is 0.444 e. The van der Waals surface area contributed by atoms with E-state index in [4.69, 9.17) is 15.7 Å². The van der Waals surface area contributed by atoms with Crippen molar-refractivity contribution in [2.45, 2.75) is 38.6 Å². The van der Waals surface area contributed by atoms with E-state index in [1.165, 1.54) is 20.8 Å². The lowest BCUT2D eigenvalue weighted by atomic mass is 10.2. The Morgan fingerprint density at radius 1 is 1.29 bits per heavy atom. The maximum absolute atomic E-state index is 12.1. The molecule has 0 aliphatic rings. The number of carbonyl (C=O) groups excluding carboxylic acids is 3. The van der Waals surface area contributed by atoms with Crippen molar-refractivity contribution in [2.75, 3.05) is 6.61 Å². The molecule has 0 aromatic carbocycles. The Kier molecular flexibility index (Phi) is 6.12. The van der Waals surface area contributed by atoms with Gasteiger partial charge in [-0.25, -0.2) is 15.6 Å². The third kappa shape index (κ3) is 6.40. The van der Waals surface area contributed by atoms with Crippen molar-refractivity contribution in [3.63, 3.8) is 0 Å². The number of nitrogens with zero attached hydrogens (tertiary/aromatic N) is 1. The zero-order valence-electron chi connectivity index (χ0n) is 11.5. The van der Waals surface area contributed by atoms with Crippen LogP contribution < -0.4 is 11.2 Å². The summed E-state index contributed by atoms with van der Waals surface area (Å²) in [7, 11) is 0. The van der Waals surface area contributed by atoms with Gasteiger partial charge in [-0.1, -0.05) is 0 Å². The number of halogens is 3. The highest BCUT2D eigenvalue weighted by Gasteiger charge is 2.45. The Morgan fingerprint density at radius 3 is 2.10 bits per heavy atom. The van der Waals surface area contributed by atoms with E-state index < -0.39 is 47.3 Å². The van der Waals surface area contributed by atoms with Gasteiger partial charge in [0.05, 0.1) is 6.61 Å². The summed E-state index contributed by atoms with van der Waals surface area (Å²) in [4.78, 5) is 33.6. The number of ether oxygens (including phenoxy) is 1. The number of nitrogens with two attached hydrogens (primary N) is 1. The number of aliphatic hydroxyl groups is 1. The van der Waals surface area contributed by atoms with Gasteiger partial charge in [0.1, 0.15) is 11.6 Å². The summed E-state index contributed by atoms with van der Waals surface area (Å²) in [5.74, 6) is 0.476. The molecule has 0 spiro atoms. The Morgan fingerprint density at radius 2 is 1.76 bits per heavy atom. The molecule has 0 saturated carbocycles. The van der Waals surface area contributed by atoms with E-state index in [9.17, 15) is 27.6 Å². The number of alkyl halides is 3. The molecule has 0 fully saturated rings. The summed E-state index contributed by atoms with van der Waals surface area (Å²) in [5.41, 5.74) is -0.933. The van der Waals surface area contributed by atoms with Crippen LogP contribution in [-0.4, -0.2) is 52.4 Å². The first-order valence-corrected chi connectivity index (χ1v) is 5.59. The van der Waals surface area contributed by atoms with Gasteiger partial charge in [-0.3, -0.25) is 9.59 Å². The molecule has 0 aliphatic carbocycles. The van der Waals surface area contributed by atoms with Crippen LogP contribution in [0.4, 0.5) is 18.0 Å². The third-order valence-corrected chi connectivity index (χ3v) is 1.87. The van der Waals surface area contributed by atoms with Crippen LogP contribution >= 0.6 is 0 Å². The SMILES string of the molecule is CC(C)(C)OC(=O)N[C@@H](CO)C(=O)N(N)C(=O)C(F)(F)F. The highest BCUT2D eigenvalue weighted by molar-refractivity contribution is 6.00. The highest BCUT2D eigenvalue weighted by atomic mass is 19.4. The second-order valence-electron chi connectivity index (χ2n) is 4.89. The fourth-order valence-electron chi connectivity index (χ4n) is 1.04. The average Bonchev–Trinajstić information content (AvgIpc) is 2.29. The van der Waals surface area contributed by atoms with Crippen LogP contribution in [-0.2, 0) is 14.3 Å². The van der Waals surface area contributed by atoms with Crippen molar-refractivity contribution in [3.8, 4) is 0 Å². The Hall–Kier alpha value is -1.88. The number of amides is 3. The summed E-state index contributed by atoms with van der Waals surface area (Å²) in [6.07, 6.45) is -6.53. The molecule has 8 nitrogen and oxygen atoms in total. The zero-order chi connectivity index (χ0) is 17.0. The van der Waals surface area contributed by atoms with E-state index in [1.54, 1.807) is 0 Å². The van der Waals surface area contributed by atoms with E-state index >= 15 is 0 Å². The lowest BCUT2D eigenvalue weighted by Crippen LogP contribution is -2.58. The summed E-state index contributed by atoms with van der Waals surface area (Å²) in [6.45, 7) is 3.44. The molecule has 1 atom stereocenters. The minimum absolute atomic E-state index is 0.724. The number of aliphatic hydroxyl groups excluding tert-OH is 1. The van der Waals surface area contributed by atoms with Gasteiger partial charge in [0.25, 0.3) is 5.91 Å². The van der Waals surface area contributed by atoms with E-state index in [0.29, 0.717) is 0 Å². The normalized spacial score (nSPS) is 13.3. The molecule has 21 heavy (non-hydrogen) atoms. The number of carbonyl (C=O) groups is 3. The van der Waals surface area contributed by atoms with Gasteiger partial charge in [-0.05, 0) is 20.8 Å². The van der Waals surface area contributed by atoms with Crippen molar-refractivity contribution < 1.29 is 37.4 Å². The van der Waals surface area contributed by atoms with Gasteiger partial charge in [-0.2, -0.15) is 13.2 Å². The maximum atomic E-state index is 12.1. The molecule has 0 aromatic heterocycles. The zero-order valence-corrected chi connectivity index (χ0v) is 11.5. The molecule has 0 saturated heterocycles. The van der Waals surface area contributed by atoms with Crippen LogP contribution in [0.15, 0.2) is 0 Å². The molecule has 4 N–H and O–H groups in total. The number of hydrogen-bond donors (Lipinski definition) is 3.